The van der Waals surface area contributed by atoms with Crippen molar-refractivity contribution in [3.8, 4) is 0 Å². The van der Waals surface area contributed by atoms with Crippen molar-refractivity contribution in [1.82, 2.24) is 15.1 Å². The van der Waals surface area contributed by atoms with E-state index in [9.17, 15) is 0 Å². The van der Waals surface area contributed by atoms with Crippen LogP contribution >= 0.6 is 0 Å². The standard InChI is InChI=1S/C10H20N3/c1-12-6-8-13(9-7-12)10-2-4-11-5-3-10/h10H,2-9H2,1H3. The van der Waals surface area contributed by atoms with E-state index in [4.69, 9.17) is 0 Å². The number of likely N-dealkylation sites (N-methyl/N-ethyl adjacent to an activating group) is 1. The molecule has 3 heteroatoms. The lowest BCUT2D eigenvalue weighted by atomic mass is 10.0. The van der Waals surface area contributed by atoms with Crippen molar-refractivity contribution < 1.29 is 0 Å². The topological polar surface area (TPSA) is 20.6 Å². The highest BCUT2D eigenvalue weighted by molar-refractivity contribution is 4.80. The molecule has 0 spiro atoms. The smallest absolute Gasteiger partial charge is 0.0148 e. The van der Waals surface area contributed by atoms with Gasteiger partial charge in [0.25, 0.3) is 0 Å². The number of hydrogen-bond donors (Lipinski definition) is 0. The molecule has 0 atom stereocenters. The van der Waals surface area contributed by atoms with Crippen LogP contribution in [0.1, 0.15) is 12.8 Å². The van der Waals surface area contributed by atoms with Crippen molar-refractivity contribution in [3.05, 3.63) is 0 Å². The van der Waals surface area contributed by atoms with Gasteiger partial charge in [0, 0.05) is 45.3 Å². The van der Waals surface area contributed by atoms with E-state index in [-0.39, 0.29) is 0 Å². The van der Waals surface area contributed by atoms with Crippen LogP contribution in [0.15, 0.2) is 0 Å². The minimum absolute atomic E-state index is 0.839. The molecular formula is C10H20N3. The van der Waals surface area contributed by atoms with Gasteiger partial charge in [-0.2, -0.15) is 0 Å². The first-order valence-electron chi connectivity index (χ1n) is 5.42. The molecule has 2 aliphatic rings. The maximum atomic E-state index is 4.40. The summed E-state index contributed by atoms with van der Waals surface area (Å²) in [5, 5.41) is 4.40. The molecule has 1 radical (unpaired) electrons. The zero-order valence-corrected chi connectivity index (χ0v) is 8.58. The van der Waals surface area contributed by atoms with Gasteiger partial charge in [-0.3, -0.25) is 4.90 Å². The molecule has 2 heterocycles. The molecule has 0 N–H and O–H groups in total. The average Bonchev–Trinajstić information content (AvgIpc) is 2.20. The fourth-order valence-electron chi connectivity index (χ4n) is 2.29. The Morgan fingerprint density at radius 3 is 2.23 bits per heavy atom. The summed E-state index contributed by atoms with van der Waals surface area (Å²) in [5.74, 6) is 0. The third-order valence-electron chi connectivity index (χ3n) is 3.30. The first-order valence-corrected chi connectivity index (χ1v) is 5.42. The molecule has 0 aliphatic carbocycles. The van der Waals surface area contributed by atoms with Gasteiger partial charge in [-0.15, -0.1) is 0 Å². The Bertz CT molecular complexity index is 146. The van der Waals surface area contributed by atoms with Gasteiger partial charge in [0.1, 0.15) is 0 Å². The predicted molar refractivity (Wildman–Crippen MR) is 54.0 cm³/mol. The second-order valence-corrected chi connectivity index (χ2v) is 4.24. The summed E-state index contributed by atoms with van der Waals surface area (Å²) in [4.78, 5) is 5.08. The Kier molecular flexibility index (Phi) is 3.19. The number of piperidine rings is 1. The van der Waals surface area contributed by atoms with Crippen LogP contribution in [0.3, 0.4) is 0 Å². The molecule has 13 heavy (non-hydrogen) atoms. The van der Waals surface area contributed by atoms with Crippen molar-refractivity contribution in [2.45, 2.75) is 18.9 Å². The van der Waals surface area contributed by atoms with Crippen molar-refractivity contribution in [2.75, 3.05) is 46.3 Å². The van der Waals surface area contributed by atoms with E-state index in [1.807, 2.05) is 0 Å². The molecule has 2 aliphatic heterocycles. The van der Waals surface area contributed by atoms with Crippen LogP contribution in [-0.2, 0) is 0 Å². The van der Waals surface area contributed by atoms with Gasteiger partial charge in [-0.25, -0.2) is 5.32 Å². The van der Waals surface area contributed by atoms with Crippen LogP contribution < -0.4 is 5.32 Å². The molecule has 2 fully saturated rings. The van der Waals surface area contributed by atoms with Crippen LogP contribution in [0.2, 0.25) is 0 Å². The van der Waals surface area contributed by atoms with Gasteiger partial charge >= 0.3 is 0 Å². The monoisotopic (exact) mass is 182 g/mol. The SMILES string of the molecule is CN1CCN(C2CC[N]CC2)CC1. The normalized spacial score (nSPS) is 29.3. The Morgan fingerprint density at radius 2 is 1.62 bits per heavy atom. The summed E-state index contributed by atoms with van der Waals surface area (Å²) in [6.07, 6.45) is 2.59. The lowest BCUT2D eigenvalue weighted by molar-refractivity contribution is 0.0943. The van der Waals surface area contributed by atoms with Gasteiger partial charge in [-0.05, 0) is 19.9 Å². The third kappa shape index (κ3) is 2.42. The second-order valence-electron chi connectivity index (χ2n) is 4.24. The van der Waals surface area contributed by atoms with Crippen LogP contribution in [0.25, 0.3) is 0 Å². The van der Waals surface area contributed by atoms with Crippen molar-refractivity contribution in [3.63, 3.8) is 0 Å². The molecule has 75 valence electrons. The van der Waals surface area contributed by atoms with E-state index in [1.165, 1.54) is 39.0 Å². The molecule has 0 aromatic heterocycles. The van der Waals surface area contributed by atoms with Gasteiger partial charge < -0.3 is 4.90 Å². The van der Waals surface area contributed by atoms with Crippen molar-refractivity contribution >= 4 is 0 Å². The zero-order valence-electron chi connectivity index (χ0n) is 8.58. The zero-order chi connectivity index (χ0) is 9.10. The highest BCUT2D eigenvalue weighted by Crippen LogP contribution is 2.14. The number of hydrogen-bond acceptors (Lipinski definition) is 2. The van der Waals surface area contributed by atoms with Crippen molar-refractivity contribution in [1.29, 1.82) is 0 Å². The lowest BCUT2D eigenvalue weighted by Crippen LogP contribution is -2.51. The van der Waals surface area contributed by atoms with Gasteiger partial charge in [0.05, 0.1) is 0 Å². The predicted octanol–water partition coefficient (Wildman–Crippen LogP) is 0.000600. The van der Waals surface area contributed by atoms with Crippen LogP contribution in [0, 0.1) is 0 Å². The Hall–Kier alpha value is -0.120. The molecule has 2 saturated heterocycles. The molecular weight excluding hydrogens is 162 g/mol. The fraction of sp³-hybridized carbons (Fsp3) is 1.00. The number of rotatable bonds is 1. The molecule has 0 bridgehead atoms. The second kappa shape index (κ2) is 4.40. The van der Waals surface area contributed by atoms with E-state index in [1.54, 1.807) is 0 Å². The maximum absolute atomic E-state index is 4.40. The quantitative estimate of drug-likeness (QED) is 0.569. The minimum atomic E-state index is 0.839. The summed E-state index contributed by atoms with van der Waals surface area (Å²) in [5.41, 5.74) is 0. The molecule has 2 rings (SSSR count). The van der Waals surface area contributed by atoms with E-state index in [0.29, 0.717) is 0 Å². The third-order valence-corrected chi connectivity index (χ3v) is 3.30. The lowest BCUT2D eigenvalue weighted by Gasteiger charge is -2.39. The van der Waals surface area contributed by atoms with Crippen LogP contribution in [0.5, 0.6) is 0 Å². The highest BCUT2D eigenvalue weighted by atomic mass is 15.3. The average molecular weight is 182 g/mol. The molecule has 0 aromatic rings. The number of nitrogens with zero attached hydrogens (tertiary/aromatic N) is 3. The van der Waals surface area contributed by atoms with Gasteiger partial charge in [0.2, 0.25) is 0 Å². The van der Waals surface area contributed by atoms with Gasteiger partial charge in [-0.1, -0.05) is 0 Å². The maximum Gasteiger partial charge on any atom is 0.0148 e. The fourth-order valence-corrected chi connectivity index (χ4v) is 2.29. The Morgan fingerprint density at radius 1 is 1.00 bits per heavy atom. The van der Waals surface area contributed by atoms with Crippen LogP contribution in [-0.4, -0.2) is 62.2 Å². The Labute approximate surface area is 81.1 Å². The molecule has 0 unspecified atom stereocenters. The minimum Gasteiger partial charge on any atom is -0.304 e. The van der Waals surface area contributed by atoms with Crippen molar-refractivity contribution in [2.24, 2.45) is 0 Å². The molecule has 0 aromatic carbocycles. The molecule has 3 nitrogen and oxygen atoms in total. The summed E-state index contributed by atoms with van der Waals surface area (Å²) in [6, 6.07) is 0.839. The Balaban J connectivity index is 1.79. The largest absolute Gasteiger partial charge is 0.304 e. The summed E-state index contributed by atoms with van der Waals surface area (Å²) in [7, 11) is 2.22. The summed E-state index contributed by atoms with van der Waals surface area (Å²) in [6.45, 7) is 7.21. The summed E-state index contributed by atoms with van der Waals surface area (Å²) < 4.78 is 0. The van der Waals surface area contributed by atoms with E-state index >= 15 is 0 Å². The summed E-state index contributed by atoms with van der Waals surface area (Å²) >= 11 is 0. The van der Waals surface area contributed by atoms with E-state index in [2.05, 4.69) is 22.2 Å². The molecule has 0 amide bonds. The van der Waals surface area contributed by atoms with Crippen LogP contribution in [0.4, 0.5) is 0 Å². The highest BCUT2D eigenvalue weighted by Gasteiger charge is 2.23. The first-order chi connectivity index (χ1) is 6.36. The van der Waals surface area contributed by atoms with E-state index < -0.39 is 0 Å². The first kappa shape index (κ1) is 9.44. The van der Waals surface area contributed by atoms with Gasteiger partial charge in [0.15, 0.2) is 0 Å². The molecule has 0 saturated carbocycles. The number of piperazine rings is 1. The van der Waals surface area contributed by atoms with E-state index in [0.717, 1.165) is 19.1 Å².